The number of aromatic nitrogens is 2. The van der Waals surface area contributed by atoms with Crippen LogP contribution in [-0.4, -0.2) is 30.0 Å². The van der Waals surface area contributed by atoms with Gasteiger partial charge in [-0.05, 0) is 78.9 Å². The predicted molar refractivity (Wildman–Crippen MR) is 226 cm³/mol. The molecule has 13 heteroatoms. The number of nitrogens with one attached hydrogen (secondary N) is 3. The number of hydrogen-bond donors (Lipinski definition) is 4. The molecule has 5 aromatic carbocycles. The van der Waals surface area contributed by atoms with E-state index < -0.39 is 10.0 Å². The fraction of sp³-hybridized carbons (Fsp3) is 0.116. The van der Waals surface area contributed by atoms with Crippen molar-refractivity contribution in [2.45, 2.75) is 38.8 Å². The molecule has 56 heavy (non-hydrogen) atoms. The van der Waals surface area contributed by atoms with Crippen LogP contribution in [-0.2, 0) is 23.1 Å². The van der Waals surface area contributed by atoms with Gasteiger partial charge < -0.3 is 16.4 Å². The van der Waals surface area contributed by atoms with E-state index in [0.717, 1.165) is 39.2 Å². The Labute approximate surface area is 334 Å². The first-order chi connectivity index (χ1) is 27.0. The molecule has 2 aromatic heterocycles. The molecule has 0 atom stereocenters. The zero-order chi connectivity index (χ0) is 39.7. The number of carbonyl (C=O) groups excluding carboxylic acids is 2. The molecule has 5 N–H and O–H groups in total. The number of ketones is 2. The molecule has 0 bridgehead atoms. The van der Waals surface area contributed by atoms with Gasteiger partial charge in [0.25, 0.3) is 0 Å². The van der Waals surface area contributed by atoms with Crippen molar-refractivity contribution in [3.63, 3.8) is 0 Å². The van der Waals surface area contributed by atoms with Crippen LogP contribution in [0, 0.1) is 20.8 Å². The molecule has 0 aliphatic heterocycles. The number of benzene rings is 5. The Morgan fingerprint density at radius 3 is 1.46 bits per heavy atom. The van der Waals surface area contributed by atoms with Crippen LogP contribution >= 0.6 is 22.7 Å². The van der Waals surface area contributed by atoms with E-state index in [2.05, 4.69) is 25.3 Å². The minimum absolute atomic E-state index is 0.00660. The zero-order valence-electron chi connectivity index (χ0n) is 30.9. The smallest absolute Gasteiger partial charge is 0.241 e. The molecule has 0 saturated heterocycles. The lowest BCUT2D eigenvalue weighted by Gasteiger charge is -2.10. The van der Waals surface area contributed by atoms with Gasteiger partial charge in [0.2, 0.25) is 21.6 Å². The van der Waals surface area contributed by atoms with Crippen LogP contribution in [0.4, 0.5) is 21.6 Å². The van der Waals surface area contributed by atoms with E-state index in [1.165, 1.54) is 22.7 Å². The Bertz CT molecular complexity index is 2570. The van der Waals surface area contributed by atoms with E-state index >= 15 is 0 Å². The first-order valence-corrected chi connectivity index (χ1v) is 20.7. The summed E-state index contributed by atoms with van der Waals surface area (Å²) in [6.45, 7) is 6.33. The monoisotopic (exact) mass is 800 g/mol. The lowest BCUT2D eigenvalue weighted by atomic mass is 10.0. The van der Waals surface area contributed by atoms with Crippen LogP contribution in [0.5, 0.6) is 0 Å². The van der Waals surface area contributed by atoms with Crippen molar-refractivity contribution in [1.29, 1.82) is 0 Å². The summed E-state index contributed by atoms with van der Waals surface area (Å²) < 4.78 is 27.8. The maximum absolute atomic E-state index is 12.7. The quantitative estimate of drug-likeness (QED) is 0.0836. The van der Waals surface area contributed by atoms with Gasteiger partial charge in [0, 0.05) is 35.6 Å². The Kier molecular flexibility index (Phi) is 13.0. The minimum atomic E-state index is -3.59. The Balaban J connectivity index is 0.000000202. The van der Waals surface area contributed by atoms with E-state index in [-0.39, 0.29) is 23.0 Å². The van der Waals surface area contributed by atoms with Crippen LogP contribution in [0.1, 0.15) is 58.3 Å². The third-order valence-electron chi connectivity index (χ3n) is 8.73. The van der Waals surface area contributed by atoms with Gasteiger partial charge in [-0.25, -0.2) is 23.1 Å². The normalized spacial score (nSPS) is 11.0. The SMILES string of the molecule is Cc1ccccc1C(=O)c1cnc(Nc2ccc(CN)cc2)s1.Cc1ccccc1C(=O)c1cnc(Nc2ccc(CNS(=O)(=O)c3ccccc3C)cc2)s1. The highest BCUT2D eigenvalue weighted by Crippen LogP contribution is 2.27. The van der Waals surface area contributed by atoms with Gasteiger partial charge in [-0.3, -0.25) is 9.59 Å². The molecule has 284 valence electrons. The summed E-state index contributed by atoms with van der Waals surface area (Å²) in [5.41, 5.74) is 13.2. The number of anilines is 4. The molecule has 2 heterocycles. The molecular formula is C43H40N6O4S3. The fourth-order valence-electron chi connectivity index (χ4n) is 5.59. The number of sulfonamides is 1. The molecular weight excluding hydrogens is 761 g/mol. The van der Waals surface area contributed by atoms with Crippen molar-refractivity contribution in [3.05, 3.63) is 182 Å². The van der Waals surface area contributed by atoms with Crippen molar-refractivity contribution >= 4 is 65.9 Å². The first-order valence-electron chi connectivity index (χ1n) is 17.6. The van der Waals surface area contributed by atoms with Gasteiger partial charge in [0.15, 0.2) is 10.3 Å². The van der Waals surface area contributed by atoms with Crippen LogP contribution in [0.3, 0.4) is 0 Å². The molecule has 7 aromatic rings. The lowest BCUT2D eigenvalue weighted by Crippen LogP contribution is -2.23. The molecule has 0 fully saturated rings. The standard InChI is InChI=1S/C25H23N3O3S2.C18H17N3OS/c1-17-7-3-5-9-21(17)24(29)22-16-26-25(32-22)28-20-13-11-19(12-14-20)15-27-33(30,31)23-10-6-4-8-18(23)2;1-12-4-2-3-5-15(12)17(22)16-11-20-18(23-16)21-14-8-6-13(10-19)7-9-14/h3-14,16,27H,15H2,1-2H3,(H,26,28);2-9,11H,10,19H2,1H3,(H,20,21). The molecule has 0 spiro atoms. The zero-order valence-corrected chi connectivity index (χ0v) is 33.4. The number of carbonyl (C=O) groups is 2. The average Bonchev–Trinajstić information content (AvgIpc) is 3.88. The van der Waals surface area contributed by atoms with Crippen LogP contribution < -0.4 is 21.1 Å². The van der Waals surface area contributed by atoms with Gasteiger partial charge in [-0.15, -0.1) is 0 Å². The topological polar surface area (TPSA) is 156 Å². The third kappa shape index (κ3) is 10.1. The fourth-order valence-corrected chi connectivity index (χ4v) is 8.43. The summed E-state index contributed by atoms with van der Waals surface area (Å²) in [5.74, 6) is -0.0398. The molecule has 7 rings (SSSR count). The van der Waals surface area contributed by atoms with Gasteiger partial charge in [-0.1, -0.05) is 114 Å². The number of rotatable bonds is 13. The second-order valence-corrected chi connectivity index (χ2v) is 16.6. The summed E-state index contributed by atoms with van der Waals surface area (Å²) >= 11 is 2.65. The number of hydrogen-bond acceptors (Lipinski definition) is 11. The van der Waals surface area contributed by atoms with Crippen molar-refractivity contribution in [1.82, 2.24) is 14.7 Å². The molecule has 10 nitrogen and oxygen atoms in total. The Morgan fingerprint density at radius 2 is 1.02 bits per heavy atom. The summed E-state index contributed by atoms with van der Waals surface area (Å²) in [7, 11) is -3.59. The maximum atomic E-state index is 12.7. The summed E-state index contributed by atoms with van der Waals surface area (Å²) in [6.07, 6.45) is 3.20. The van der Waals surface area contributed by atoms with Crippen molar-refractivity contribution in [2.24, 2.45) is 5.73 Å². The number of thiazole rings is 2. The highest BCUT2D eigenvalue weighted by molar-refractivity contribution is 7.89. The number of nitrogens with two attached hydrogens (primary N) is 1. The van der Waals surface area contributed by atoms with Crippen molar-refractivity contribution < 1.29 is 18.0 Å². The van der Waals surface area contributed by atoms with Gasteiger partial charge in [0.1, 0.15) is 0 Å². The van der Waals surface area contributed by atoms with Gasteiger partial charge in [-0.2, -0.15) is 0 Å². The van der Waals surface area contributed by atoms with Gasteiger partial charge >= 0.3 is 0 Å². The van der Waals surface area contributed by atoms with E-state index in [1.54, 1.807) is 37.5 Å². The largest absolute Gasteiger partial charge is 0.332 e. The molecule has 0 saturated carbocycles. The number of aryl methyl sites for hydroxylation is 3. The molecule has 0 amide bonds. The number of nitrogens with zero attached hydrogens (tertiary/aromatic N) is 2. The van der Waals surface area contributed by atoms with Crippen LogP contribution in [0.15, 0.2) is 139 Å². The van der Waals surface area contributed by atoms with E-state index in [9.17, 15) is 18.0 Å². The Morgan fingerprint density at radius 1 is 0.589 bits per heavy atom. The molecule has 0 unspecified atom stereocenters. The maximum Gasteiger partial charge on any atom is 0.241 e. The predicted octanol–water partition coefficient (Wildman–Crippen LogP) is 9.10. The highest BCUT2D eigenvalue weighted by atomic mass is 32.2. The molecule has 0 aliphatic carbocycles. The average molecular weight is 801 g/mol. The molecule has 0 radical (unpaired) electrons. The second-order valence-electron chi connectivity index (χ2n) is 12.8. The van der Waals surface area contributed by atoms with E-state index in [1.807, 2.05) is 117 Å². The summed E-state index contributed by atoms with van der Waals surface area (Å²) in [5, 5.41) is 7.71. The second kappa shape index (κ2) is 18.2. The first kappa shape index (κ1) is 39.9. The van der Waals surface area contributed by atoms with Crippen LogP contribution in [0.2, 0.25) is 0 Å². The third-order valence-corrected chi connectivity index (χ3v) is 12.1. The lowest BCUT2D eigenvalue weighted by molar-refractivity contribution is 0.103. The van der Waals surface area contributed by atoms with Crippen molar-refractivity contribution in [2.75, 3.05) is 10.6 Å². The van der Waals surface area contributed by atoms with Gasteiger partial charge in [0.05, 0.1) is 27.0 Å². The van der Waals surface area contributed by atoms with Crippen LogP contribution in [0.25, 0.3) is 0 Å². The van der Waals surface area contributed by atoms with E-state index in [4.69, 9.17) is 5.73 Å². The summed E-state index contributed by atoms with van der Waals surface area (Å²) in [4.78, 5) is 35.4. The minimum Gasteiger partial charge on any atom is -0.332 e. The highest BCUT2D eigenvalue weighted by Gasteiger charge is 2.18. The Hall–Kier alpha value is -5.83. The van der Waals surface area contributed by atoms with Crippen molar-refractivity contribution in [3.8, 4) is 0 Å². The summed E-state index contributed by atoms with van der Waals surface area (Å²) in [6, 6.07) is 37.2. The van der Waals surface area contributed by atoms with E-state index in [0.29, 0.717) is 37.7 Å². The molecule has 0 aliphatic rings.